The van der Waals surface area contributed by atoms with E-state index in [0.29, 0.717) is 12.2 Å². The van der Waals surface area contributed by atoms with Crippen LogP contribution in [0.1, 0.15) is 18.1 Å². The maximum absolute atomic E-state index is 12.7. The van der Waals surface area contributed by atoms with Crippen molar-refractivity contribution in [3.63, 3.8) is 0 Å². The zero-order valence-corrected chi connectivity index (χ0v) is 10.3. The molecule has 0 aliphatic carbocycles. The van der Waals surface area contributed by atoms with Crippen LogP contribution in [0.3, 0.4) is 0 Å². The molecule has 0 aromatic heterocycles. The topological polar surface area (TPSA) is 29.3 Å². The molecule has 1 rings (SSSR count). The van der Waals surface area contributed by atoms with Crippen molar-refractivity contribution in [1.29, 1.82) is 0 Å². The number of nitrogens with zero attached hydrogens (tertiary/aromatic N) is 1. The molecule has 0 saturated carbocycles. The molecule has 17 heavy (non-hydrogen) atoms. The normalized spacial score (nSPS) is 11.4. The van der Waals surface area contributed by atoms with Gasteiger partial charge in [0.15, 0.2) is 0 Å². The third-order valence-corrected chi connectivity index (χ3v) is 2.71. The highest BCUT2D eigenvalue weighted by Crippen LogP contribution is 2.33. The predicted octanol–water partition coefficient (Wildman–Crippen LogP) is 2.80. The third kappa shape index (κ3) is 3.09. The highest BCUT2D eigenvalue weighted by atomic mass is 32.1. The van der Waals surface area contributed by atoms with Crippen LogP contribution < -0.4 is 10.6 Å². The Balaban J connectivity index is 3.32. The first-order valence-electron chi connectivity index (χ1n) is 4.99. The predicted molar refractivity (Wildman–Crippen MR) is 66.3 cm³/mol. The van der Waals surface area contributed by atoms with Crippen molar-refractivity contribution in [2.75, 3.05) is 18.5 Å². The zero-order chi connectivity index (χ0) is 13.2. The SMILES string of the molecule is CCN(C)c1ccc(C(F)(F)F)c(C(N)=S)c1. The van der Waals surface area contributed by atoms with Crippen molar-refractivity contribution in [2.24, 2.45) is 5.73 Å². The molecule has 1 aromatic rings. The summed E-state index contributed by atoms with van der Waals surface area (Å²) < 4.78 is 38.1. The molecule has 6 heteroatoms. The van der Waals surface area contributed by atoms with Crippen molar-refractivity contribution in [2.45, 2.75) is 13.1 Å². The van der Waals surface area contributed by atoms with E-state index in [0.717, 1.165) is 6.07 Å². The molecule has 0 heterocycles. The minimum absolute atomic E-state index is 0.134. The van der Waals surface area contributed by atoms with Gasteiger partial charge in [0, 0.05) is 24.8 Å². The first-order chi connectivity index (χ1) is 7.77. The molecule has 0 saturated heterocycles. The lowest BCUT2D eigenvalue weighted by Crippen LogP contribution is -2.21. The Labute approximate surface area is 103 Å². The minimum atomic E-state index is -4.44. The monoisotopic (exact) mass is 262 g/mol. The largest absolute Gasteiger partial charge is 0.417 e. The quantitative estimate of drug-likeness (QED) is 0.849. The van der Waals surface area contributed by atoms with E-state index >= 15 is 0 Å². The van der Waals surface area contributed by atoms with Crippen LogP contribution in [-0.4, -0.2) is 18.6 Å². The third-order valence-electron chi connectivity index (χ3n) is 2.49. The van der Waals surface area contributed by atoms with Crippen LogP contribution in [0.15, 0.2) is 18.2 Å². The fourth-order valence-electron chi connectivity index (χ4n) is 1.40. The van der Waals surface area contributed by atoms with E-state index < -0.39 is 11.7 Å². The van der Waals surface area contributed by atoms with Crippen molar-refractivity contribution in [3.05, 3.63) is 29.3 Å². The van der Waals surface area contributed by atoms with Gasteiger partial charge in [0.05, 0.1) is 5.56 Å². The van der Waals surface area contributed by atoms with Crippen LogP contribution in [0.4, 0.5) is 18.9 Å². The first-order valence-corrected chi connectivity index (χ1v) is 5.40. The summed E-state index contributed by atoms with van der Waals surface area (Å²) in [6.07, 6.45) is -4.44. The van der Waals surface area contributed by atoms with Crippen molar-refractivity contribution in [3.8, 4) is 0 Å². The zero-order valence-electron chi connectivity index (χ0n) is 9.51. The summed E-state index contributed by atoms with van der Waals surface area (Å²) in [7, 11) is 1.78. The van der Waals surface area contributed by atoms with Gasteiger partial charge in [0.2, 0.25) is 0 Å². The van der Waals surface area contributed by atoms with Crippen LogP contribution in [-0.2, 0) is 6.18 Å². The molecule has 0 radical (unpaired) electrons. The van der Waals surface area contributed by atoms with Crippen LogP contribution in [0.5, 0.6) is 0 Å². The maximum atomic E-state index is 12.7. The molecular formula is C11H13F3N2S. The second kappa shape index (κ2) is 4.91. The fraction of sp³-hybridized carbons (Fsp3) is 0.364. The van der Waals surface area contributed by atoms with Gasteiger partial charge < -0.3 is 10.6 Å². The van der Waals surface area contributed by atoms with Gasteiger partial charge in [0.25, 0.3) is 0 Å². The molecule has 0 spiro atoms. The average molecular weight is 262 g/mol. The lowest BCUT2D eigenvalue weighted by atomic mass is 10.1. The van der Waals surface area contributed by atoms with Crippen LogP contribution in [0.2, 0.25) is 0 Å². The molecule has 0 bridgehead atoms. The highest BCUT2D eigenvalue weighted by Gasteiger charge is 2.34. The molecule has 0 aliphatic rings. The van der Waals surface area contributed by atoms with E-state index in [1.165, 1.54) is 12.1 Å². The maximum Gasteiger partial charge on any atom is 0.417 e. The highest BCUT2D eigenvalue weighted by molar-refractivity contribution is 7.80. The molecular weight excluding hydrogens is 249 g/mol. The molecule has 0 amide bonds. The van der Waals surface area contributed by atoms with Gasteiger partial charge in [-0.05, 0) is 25.1 Å². The second-order valence-corrected chi connectivity index (χ2v) is 4.05. The number of rotatable bonds is 3. The molecule has 94 valence electrons. The van der Waals surface area contributed by atoms with Gasteiger partial charge in [-0.1, -0.05) is 12.2 Å². The Kier molecular flexibility index (Phi) is 3.98. The molecule has 0 atom stereocenters. The number of alkyl halides is 3. The Morgan fingerprint density at radius 2 is 2.00 bits per heavy atom. The van der Waals surface area contributed by atoms with Gasteiger partial charge in [0.1, 0.15) is 4.99 Å². The van der Waals surface area contributed by atoms with E-state index in [-0.39, 0.29) is 10.6 Å². The summed E-state index contributed by atoms with van der Waals surface area (Å²) in [6, 6.07) is 3.79. The first kappa shape index (κ1) is 13.8. The van der Waals surface area contributed by atoms with Crippen molar-refractivity contribution >= 4 is 22.9 Å². The standard InChI is InChI=1S/C11H13F3N2S/c1-3-16(2)7-4-5-9(11(12,13)14)8(6-7)10(15)17/h4-6H,3H2,1-2H3,(H2,15,17). The number of hydrogen-bond donors (Lipinski definition) is 1. The summed E-state index contributed by atoms with van der Waals surface area (Å²) in [5.74, 6) is 0. The molecule has 0 aliphatic heterocycles. The van der Waals surface area contributed by atoms with Gasteiger partial charge in [-0.25, -0.2) is 0 Å². The second-order valence-electron chi connectivity index (χ2n) is 3.61. The van der Waals surface area contributed by atoms with E-state index in [1.54, 1.807) is 7.05 Å². The van der Waals surface area contributed by atoms with E-state index in [9.17, 15) is 13.2 Å². The lowest BCUT2D eigenvalue weighted by Gasteiger charge is -2.20. The van der Waals surface area contributed by atoms with Crippen LogP contribution in [0.25, 0.3) is 0 Å². The molecule has 0 unspecified atom stereocenters. The Morgan fingerprint density at radius 1 is 1.41 bits per heavy atom. The summed E-state index contributed by atoms with van der Waals surface area (Å²) >= 11 is 4.66. The summed E-state index contributed by atoms with van der Waals surface area (Å²) in [5, 5.41) is 0. The summed E-state index contributed by atoms with van der Waals surface area (Å²) in [6.45, 7) is 2.58. The van der Waals surface area contributed by atoms with Gasteiger partial charge >= 0.3 is 6.18 Å². The minimum Gasteiger partial charge on any atom is -0.389 e. The van der Waals surface area contributed by atoms with Gasteiger partial charge in [-0.2, -0.15) is 13.2 Å². The van der Waals surface area contributed by atoms with Crippen molar-refractivity contribution in [1.82, 2.24) is 0 Å². The smallest absolute Gasteiger partial charge is 0.389 e. The number of thiocarbonyl (C=S) groups is 1. The molecule has 1 aromatic carbocycles. The van der Waals surface area contributed by atoms with Crippen molar-refractivity contribution < 1.29 is 13.2 Å². The van der Waals surface area contributed by atoms with E-state index in [2.05, 4.69) is 12.2 Å². The Hall–Kier alpha value is -1.30. The number of halogens is 3. The summed E-state index contributed by atoms with van der Waals surface area (Å²) in [5.41, 5.74) is 5.06. The average Bonchev–Trinajstić information content (AvgIpc) is 2.25. The molecule has 0 fully saturated rings. The van der Waals surface area contributed by atoms with Crippen LogP contribution in [0, 0.1) is 0 Å². The fourth-order valence-corrected chi connectivity index (χ4v) is 1.57. The Morgan fingerprint density at radius 3 is 2.41 bits per heavy atom. The number of anilines is 1. The summed E-state index contributed by atoms with van der Waals surface area (Å²) in [4.78, 5) is 1.56. The molecule has 2 N–H and O–H groups in total. The number of benzene rings is 1. The van der Waals surface area contributed by atoms with Crippen LogP contribution >= 0.6 is 12.2 Å². The number of nitrogens with two attached hydrogens (primary N) is 1. The molecule has 2 nitrogen and oxygen atoms in total. The van der Waals surface area contributed by atoms with E-state index in [1.807, 2.05) is 11.8 Å². The van der Waals surface area contributed by atoms with Gasteiger partial charge in [-0.15, -0.1) is 0 Å². The number of hydrogen-bond acceptors (Lipinski definition) is 2. The van der Waals surface area contributed by atoms with E-state index in [4.69, 9.17) is 5.73 Å². The van der Waals surface area contributed by atoms with Gasteiger partial charge in [-0.3, -0.25) is 0 Å². The lowest BCUT2D eigenvalue weighted by molar-refractivity contribution is -0.137. The Bertz CT molecular complexity index is 429.